The molecule has 1 aliphatic carbocycles. The van der Waals surface area contributed by atoms with Crippen LogP contribution in [-0.2, 0) is 15.8 Å². The van der Waals surface area contributed by atoms with Gasteiger partial charge in [-0.1, -0.05) is 11.6 Å². The van der Waals surface area contributed by atoms with Gasteiger partial charge in [-0.15, -0.1) is 0 Å². The lowest BCUT2D eigenvalue weighted by atomic mass is 9.81. The summed E-state index contributed by atoms with van der Waals surface area (Å²) in [5, 5.41) is 13.0. The zero-order chi connectivity index (χ0) is 30.9. The third-order valence-corrected chi connectivity index (χ3v) is 8.22. The number of hydrogen-bond acceptors (Lipinski definition) is 6. The van der Waals surface area contributed by atoms with Crippen LogP contribution in [0.3, 0.4) is 0 Å². The van der Waals surface area contributed by atoms with Gasteiger partial charge in [0.05, 0.1) is 28.5 Å². The van der Waals surface area contributed by atoms with Gasteiger partial charge in [0, 0.05) is 29.4 Å². The van der Waals surface area contributed by atoms with Crippen LogP contribution in [0.15, 0.2) is 48.8 Å². The number of fused-ring (bicyclic) bond motifs is 2. The largest absolute Gasteiger partial charge is 0.489 e. The highest BCUT2D eigenvalue weighted by atomic mass is 35.5. The molecule has 9 nitrogen and oxygen atoms in total. The maximum absolute atomic E-state index is 14.6. The van der Waals surface area contributed by atoms with Gasteiger partial charge < -0.3 is 25.3 Å². The fraction of sp³-hybridized carbons (Fsp3) is 0.310. The van der Waals surface area contributed by atoms with Gasteiger partial charge in [-0.05, 0) is 56.2 Å². The number of nitrogens with two attached hydrogens (primary N) is 1. The molecule has 4 N–H and O–H groups in total. The van der Waals surface area contributed by atoms with E-state index >= 15 is 0 Å². The fourth-order valence-electron chi connectivity index (χ4n) is 5.01. The number of pyridine rings is 2. The molecule has 14 heteroatoms. The highest BCUT2D eigenvalue weighted by Gasteiger charge is 2.57. The molecular formula is C29H24ClF4N5O4. The second-order valence-corrected chi connectivity index (χ2v) is 11.4. The van der Waals surface area contributed by atoms with Gasteiger partial charge >= 0.3 is 6.18 Å². The number of nitrogens with zero attached hydrogens (tertiary/aromatic N) is 3. The summed E-state index contributed by atoms with van der Waals surface area (Å²) in [6, 6.07) is 7.21. The van der Waals surface area contributed by atoms with Crippen LogP contribution in [-0.4, -0.2) is 50.6 Å². The maximum atomic E-state index is 14.6. The van der Waals surface area contributed by atoms with Crippen molar-refractivity contribution in [2.75, 3.05) is 13.2 Å². The number of ether oxygens (including phenoxy) is 1. The van der Waals surface area contributed by atoms with Crippen LogP contribution in [0.1, 0.15) is 53.0 Å². The summed E-state index contributed by atoms with van der Waals surface area (Å²) >= 11 is 5.92. The molecule has 1 saturated carbocycles. The second kappa shape index (κ2) is 9.91. The Kier molecular flexibility index (Phi) is 6.66. The van der Waals surface area contributed by atoms with Gasteiger partial charge in [0.1, 0.15) is 34.9 Å². The molecule has 1 aromatic carbocycles. The van der Waals surface area contributed by atoms with Crippen LogP contribution in [0.4, 0.5) is 17.6 Å². The number of aromatic nitrogens is 3. The van der Waals surface area contributed by atoms with E-state index in [0.717, 1.165) is 36.7 Å². The molecule has 1 fully saturated rings. The Balaban J connectivity index is 1.39. The first kappa shape index (κ1) is 28.9. The molecule has 224 valence electrons. The third kappa shape index (κ3) is 4.85. The molecule has 6 rings (SSSR count). The molecular weight excluding hydrogens is 594 g/mol. The average Bonchev–Trinajstić information content (AvgIpc) is 3.63. The van der Waals surface area contributed by atoms with E-state index in [9.17, 15) is 32.3 Å². The minimum absolute atomic E-state index is 0.0371. The molecule has 2 atom stereocenters. The van der Waals surface area contributed by atoms with Crippen molar-refractivity contribution in [2.45, 2.75) is 42.9 Å². The molecule has 2 amide bonds. The molecule has 0 spiro atoms. The number of carbonyl (C=O) groups excluding carboxylic acids is 2. The number of benzene rings is 1. The molecule has 0 bridgehead atoms. The molecule has 1 aliphatic heterocycles. The molecule has 43 heavy (non-hydrogen) atoms. The standard InChI is InChI=1S/C29H24ClF4N5O4/c1-27(26(35)41)13-43-24-17(27)9-21(38-23(24)15-4-6-19(31)18(30)8-15)28(42,29(32,33)34)12-36-25(40)16-5-7-22-37-20(14-2-3-14)11-39(22)10-16/h4-11,14,42H,2-3,12-13H2,1H3,(H2,35,41)(H,36,40)/t27-,28-/m0/s1. The predicted molar refractivity (Wildman–Crippen MR) is 146 cm³/mol. The quantitative estimate of drug-likeness (QED) is 0.264. The Morgan fingerprint density at radius 2 is 1.93 bits per heavy atom. The summed E-state index contributed by atoms with van der Waals surface area (Å²) in [5.74, 6) is -2.27. The first-order valence-corrected chi connectivity index (χ1v) is 13.6. The Morgan fingerprint density at radius 1 is 1.19 bits per heavy atom. The lowest BCUT2D eigenvalue weighted by Crippen LogP contribution is -2.51. The second-order valence-electron chi connectivity index (χ2n) is 11.0. The third-order valence-electron chi connectivity index (χ3n) is 7.93. The van der Waals surface area contributed by atoms with Gasteiger partial charge in [-0.2, -0.15) is 13.2 Å². The lowest BCUT2D eigenvalue weighted by molar-refractivity contribution is -0.265. The normalized spacial score (nSPS) is 19.5. The summed E-state index contributed by atoms with van der Waals surface area (Å²) < 4.78 is 65.1. The van der Waals surface area contributed by atoms with Crippen LogP contribution < -0.4 is 15.8 Å². The number of primary amides is 1. The van der Waals surface area contributed by atoms with Crippen LogP contribution >= 0.6 is 11.6 Å². The number of hydrogen-bond donors (Lipinski definition) is 3. The smallest absolute Gasteiger partial charge is 0.424 e. The number of nitrogens with one attached hydrogen (secondary N) is 1. The van der Waals surface area contributed by atoms with Gasteiger partial charge in [0.25, 0.3) is 5.91 Å². The van der Waals surface area contributed by atoms with E-state index in [1.807, 2.05) is 0 Å². The topological polar surface area (TPSA) is 132 Å². The van der Waals surface area contributed by atoms with Crippen LogP contribution in [0, 0.1) is 5.82 Å². The van der Waals surface area contributed by atoms with E-state index in [0.29, 0.717) is 11.6 Å². The van der Waals surface area contributed by atoms with E-state index in [1.165, 1.54) is 25.3 Å². The Labute approximate surface area is 246 Å². The Hall–Kier alpha value is -4.23. The summed E-state index contributed by atoms with van der Waals surface area (Å²) in [5.41, 5.74) is 0.602. The number of amides is 2. The highest BCUT2D eigenvalue weighted by molar-refractivity contribution is 6.31. The predicted octanol–water partition coefficient (Wildman–Crippen LogP) is 4.38. The van der Waals surface area contributed by atoms with E-state index in [4.69, 9.17) is 22.1 Å². The molecule has 2 aliphatic rings. The number of carbonyl (C=O) groups is 2. The minimum atomic E-state index is -5.35. The molecule has 3 aromatic heterocycles. The zero-order valence-corrected chi connectivity index (χ0v) is 23.3. The fourth-order valence-corrected chi connectivity index (χ4v) is 5.19. The van der Waals surface area contributed by atoms with Crippen molar-refractivity contribution in [3.63, 3.8) is 0 Å². The van der Waals surface area contributed by atoms with E-state index in [1.54, 1.807) is 16.7 Å². The van der Waals surface area contributed by atoms with E-state index < -0.39 is 47.1 Å². The monoisotopic (exact) mass is 617 g/mol. The number of imidazole rings is 1. The van der Waals surface area contributed by atoms with Crippen LogP contribution in [0.5, 0.6) is 5.75 Å². The first-order valence-electron chi connectivity index (χ1n) is 13.2. The summed E-state index contributed by atoms with van der Waals surface area (Å²) in [6.45, 7) is -0.263. The van der Waals surface area contributed by atoms with Crippen molar-refractivity contribution >= 4 is 29.1 Å². The SMILES string of the molecule is C[C@]1(C(N)=O)COc2c1cc([C@@](O)(CNC(=O)c1ccc3nc(C4CC4)cn3c1)C(F)(F)F)nc2-c1ccc(F)c(Cl)c1. The Bertz CT molecular complexity index is 1810. The molecule has 4 aromatic rings. The van der Waals surface area contributed by atoms with Crippen molar-refractivity contribution < 1.29 is 37.0 Å². The summed E-state index contributed by atoms with van der Waals surface area (Å²) in [7, 11) is 0. The van der Waals surface area contributed by atoms with Gasteiger partial charge in [-0.25, -0.2) is 14.4 Å². The Morgan fingerprint density at radius 3 is 2.58 bits per heavy atom. The lowest BCUT2D eigenvalue weighted by Gasteiger charge is -2.31. The van der Waals surface area contributed by atoms with Crippen LogP contribution in [0.2, 0.25) is 5.02 Å². The van der Waals surface area contributed by atoms with Gasteiger partial charge in [-0.3, -0.25) is 9.59 Å². The van der Waals surface area contributed by atoms with Crippen molar-refractivity contribution in [2.24, 2.45) is 5.73 Å². The van der Waals surface area contributed by atoms with E-state index in [-0.39, 0.29) is 39.8 Å². The van der Waals surface area contributed by atoms with Crippen LogP contribution in [0.25, 0.3) is 16.9 Å². The minimum Gasteiger partial charge on any atom is -0.489 e. The molecule has 0 unspecified atom stereocenters. The van der Waals surface area contributed by atoms with Crippen molar-refractivity contribution in [3.8, 4) is 17.0 Å². The number of rotatable bonds is 7. The van der Waals surface area contributed by atoms with Gasteiger partial charge in [0.15, 0.2) is 0 Å². The van der Waals surface area contributed by atoms with E-state index in [2.05, 4.69) is 15.3 Å². The number of alkyl halides is 3. The summed E-state index contributed by atoms with van der Waals surface area (Å²) in [6.07, 6.45) is -0.105. The number of halogens is 5. The highest BCUT2D eigenvalue weighted by Crippen LogP contribution is 2.48. The maximum Gasteiger partial charge on any atom is 0.424 e. The summed E-state index contributed by atoms with van der Waals surface area (Å²) in [4.78, 5) is 34.0. The van der Waals surface area contributed by atoms with Gasteiger partial charge in [0.2, 0.25) is 11.5 Å². The zero-order valence-electron chi connectivity index (χ0n) is 22.5. The molecule has 0 saturated heterocycles. The number of aliphatic hydroxyl groups is 1. The average molecular weight is 618 g/mol. The molecule has 4 heterocycles. The molecule has 0 radical (unpaired) electrons. The first-order chi connectivity index (χ1) is 20.2. The van der Waals surface area contributed by atoms with Crippen molar-refractivity contribution in [1.29, 1.82) is 0 Å². The van der Waals surface area contributed by atoms with Crippen molar-refractivity contribution in [1.82, 2.24) is 19.7 Å². The van der Waals surface area contributed by atoms with Crippen molar-refractivity contribution in [3.05, 3.63) is 82.1 Å².